The fraction of sp³-hybridized carbons (Fsp3) is 0.250. The van der Waals surface area contributed by atoms with Gasteiger partial charge in [-0.1, -0.05) is 5.92 Å². The Labute approximate surface area is 93.8 Å². The first-order valence-corrected chi connectivity index (χ1v) is 5.15. The maximum atomic E-state index is 11.5. The van der Waals surface area contributed by atoms with Gasteiger partial charge >= 0.3 is 0 Å². The Bertz CT molecular complexity index is 418. The van der Waals surface area contributed by atoms with Gasteiger partial charge in [-0.2, -0.15) is 0 Å². The van der Waals surface area contributed by atoms with Crippen LogP contribution in [0, 0.1) is 12.3 Å². The summed E-state index contributed by atoms with van der Waals surface area (Å²) in [6, 6.07) is 7.35. The molecular formula is C12H10ClNO. The summed E-state index contributed by atoms with van der Waals surface area (Å²) < 4.78 is 0. The molecule has 2 nitrogen and oxygen atoms in total. The van der Waals surface area contributed by atoms with Crippen molar-refractivity contribution < 1.29 is 4.79 Å². The molecule has 0 saturated carbocycles. The third-order valence-electron chi connectivity index (χ3n) is 2.42. The van der Waals surface area contributed by atoms with Crippen molar-refractivity contribution >= 4 is 23.2 Å². The zero-order chi connectivity index (χ0) is 10.8. The minimum atomic E-state index is -0.0789. The number of carbonyl (C=O) groups is 1. The van der Waals surface area contributed by atoms with Crippen molar-refractivity contribution in [1.29, 1.82) is 0 Å². The van der Waals surface area contributed by atoms with E-state index in [0.29, 0.717) is 13.0 Å². The predicted octanol–water partition coefficient (Wildman–Crippen LogP) is 2.01. The Kier molecular flexibility index (Phi) is 2.66. The fourth-order valence-corrected chi connectivity index (χ4v) is 1.92. The van der Waals surface area contributed by atoms with Crippen LogP contribution in [0.4, 0.5) is 5.69 Å². The minimum absolute atomic E-state index is 0.0726. The van der Waals surface area contributed by atoms with Crippen LogP contribution in [0.2, 0.25) is 0 Å². The normalized spacial score (nSPS) is 20.4. The number of anilines is 1. The molecule has 2 rings (SSSR count). The highest BCUT2D eigenvalue weighted by atomic mass is 35.5. The van der Waals surface area contributed by atoms with E-state index in [1.807, 2.05) is 24.3 Å². The molecule has 1 heterocycles. The topological polar surface area (TPSA) is 20.3 Å². The lowest BCUT2D eigenvalue weighted by atomic mass is 10.2. The summed E-state index contributed by atoms with van der Waals surface area (Å²) >= 11 is 5.92. The van der Waals surface area contributed by atoms with E-state index < -0.39 is 0 Å². The van der Waals surface area contributed by atoms with Gasteiger partial charge in [0, 0.05) is 24.2 Å². The number of rotatable bonds is 1. The Balaban J connectivity index is 2.23. The molecule has 3 heteroatoms. The molecule has 1 fully saturated rings. The van der Waals surface area contributed by atoms with Crippen LogP contribution in [0.1, 0.15) is 12.0 Å². The third-order valence-corrected chi connectivity index (χ3v) is 2.72. The second-order valence-electron chi connectivity index (χ2n) is 3.50. The van der Waals surface area contributed by atoms with Gasteiger partial charge in [0.2, 0.25) is 5.91 Å². The molecule has 0 aromatic heterocycles. The maximum Gasteiger partial charge on any atom is 0.228 e. The largest absolute Gasteiger partial charge is 0.311 e. The van der Waals surface area contributed by atoms with Crippen LogP contribution in [0.25, 0.3) is 0 Å². The number of terminal acetylenes is 1. The van der Waals surface area contributed by atoms with Crippen molar-refractivity contribution in [1.82, 2.24) is 0 Å². The second-order valence-corrected chi connectivity index (χ2v) is 4.11. The zero-order valence-corrected chi connectivity index (χ0v) is 8.87. The predicted molar refractivity (Wildman–Crippen MR) is 61.0 cm³/mol. The van der Waals surface area contributed by atoms with E-state index in [0.717, 1.165) is 11.3 Å². The lowest BCUT2D eigenvalue weighted by Crippen LogP contribution is -2.24. The molecule has 0 radical (unpaired) electrons. The number of amides is 1. The van der Waals surface area contributed by atoms with Crippen molar-refractivity contribution in [2.45, 2.75) is 11.8 Å². The van der Waals surface area contributed by atoms with Crippen molar-refractivity contribution in [2.24, 2.45) is 0 Å². The second kappa shape index (κ2) is 3.96. The molecule has 76 valence electrons. The first kappa shape index (κ1) is 10.1. The number of alkyl halides is 1. The van der Waals surface area contributed by atoms with Gasteiger partial charge in [-0.25, -0.2) is 0 Å². The lowest BCUT2D eigenvalue weighted by molar-refractivity contribution is -0.117. The van der Waals surface area contributed by atoms with E-state index in [9.17, 15) is 4.79 Å². The Morgan fingerprint density at radius 3 is 2.53 bits per heavy atom. The fourth-order valence-electron chi connectivity index (χ4n) is 1.65. The van der Waals surface area contributed by atoms with E-state index in [1.54, 1.807) is 4.90 Å². The van der Waals surface area contributed by atoms with Crippen molar-refractivity contribution in [3.63, 3.8) is 0 Å². The van der Waals surface area contributed by atoms with Gasteiger partial charge in [-0.3, -0.25) is 4.79 Å². The summed E-state index contributed by atoms with van der Waals surface area (Å²) in [4.78, 5) is 13.2. The van der Waals surface area contributed by atoms with Gasteiger partial charge in [0.05, 0.1) is 5.38 Å². The molecule has 1 aliphatic rings. The van der Waals surface area contributed by atoms with E-state index in [4.69, 9.17) is 18.0 Å². The van der Waals surface area contributed by atoms with Crippen LogP contribution in [-0.4, -0.2) is 17.8 Å². The SMILES string of the molecule is C#Cc1ccc(N2CC(Cl)CC2=O)cc1. The summed E-state index contributed by atoms with van der Waals surface area (Å²) in [7, 11) is 0. The molecule has 1 aliphatic heterocycles. The van der Waals surface area contributed by atoms with E-state index >= 15 is 0 Å². The van der Waals surface area contributed by atoms with Gasteiger partial charge in [-0.15, -0.1) is 18.0 Å². The highest BCUT2D eigenvalue weighted by Gasteiger charge is 2.28. The molecule has 1 amide bonds. The number of halogens is 1. The Morgan fingerprint density at radius 2 is 2.07 bits per heavy atom. The van der Waals surface area contributed by atoms with Gasteiger partial charge < -0.3 is 4.90 Å². The number of hydrogen-bond acceptors (Lipinski definition) is 1. The van der Waals surface area contributed by atoms with E-state index in [1.165, 1.54) is 0 Å². The number of nitrogens with zero attached hydrogens (tertiary/aromatic N) is 1. The zero-order valence-electron chi connectivity index (χ0n) is 8.11. The van der Waals surface area contributed by atoms with Gasteiger partial charge in [0.15, 0.2) is 0 Å². The van der Waals surface area contributed by atoms with Crippen molar-refractivity contribution in [3.05, 3.63) is 29.8 Å². The van der Waals surface area contributed by atoms with Gasteiger partial charge in [-0.05, 0) is 24.3 Å². The molecule has 1 aromatic rings. The molecular weight excluding hydrogens is 210 g/mol. The van der Waals surface area contributed by atoms with Crippen LogP contribution in [0.15, 0.2) is 24.3 Å². The average molecular weight is 220 g/mol. The summed E-state index contributed by atoms with van der Waals surface area (Å²) in [5, 5.41) is -0.0789. The van der Waals surface area contributed by atoms with Crippen LogP contribution in [0.5, 0.6) is 0 Å². The first-order chi connectivity index (χ1) is 7.20. The average Bonchev–Trinajstić information content (AvgIpc) is 2.58. The van der Waals surface area contributed by atoms with Crippen LogP contribution in [-0.2, 0) is 4.79 Å². The number of hydrogen-bond donors (Lipinski definition) is 0. The molecule has 0 aliphatic carbocycles. The van der Waals surface area contributed by atoms with Gasteiger partial charge in [0.25, 0.3) is 0 Å². The van der Waals surface area contributed by atoms with Gasteiger partial charge in [0.1, 0.15) is 0 Å². The Hall–Kier alpha value is -1.46. The first-order valence-electron chi connectivity index (χ1n) is 4.72. The summed E-state index contributed by atoms with van der Waals surface area (Å²) in [6.45, 7) is 0.579. The molecule has 0 bridgehead atoms. The number of carbonyl (C=O) groups excluding carboxylic acids is 1. The molecule has 15 heavy (non-hydrogen) atoms. The van der Waals surface area contributed by atoms with Crippen LogP contribution >= 0.6 is 11.6 Å². The highest BCUT2D eigenvalue weighted by molar-refractivity contribution is 6.24. The molecule has 1 saturated heterocycles. The quantitative estimate of drug-likeness (QED) is 0.523. The van der Waals surface area contributed by atoms with E-state index in [-0.39, 0.29) is 11.3 Å². The smallest absolute Gasteiger partial charge is 0.228 e. The standard InChI is InChI=1S/C12H10ClNO/c1-2-9-3-5-11(6-4-9)14-8-10(13)7-12(14)15/h1,3-6,10H,7-8H2. The lowest BCUT2D eigenvalue weighted by Gasteiger charge is -2.15. The molecule has 1 atom stereocenters. The van der Waals surface area contributed by atoms with Crippen LogP contribution in [0.3, 0.4) is 0 Å². The third kappa shape index (κ3) is 1.98. The summed E-state index contributed by atoms with van der Waals surface area (Å²) in [6.07, 6.45) is 5.67. The van der Waals surface area contributed by atoms with E-state index in [2.05, 4.69) is 5.92 Å². The number of benzene rings is 1. The molecule has 0 N–H and O–H groups in total. The molecule has 1 aromatic carbocycles. The van der Waals surface area contributed by atoms with Crippen molar-refractivity contribution in [3.8, 4) is 12.3 Å². The summed E-state index contributed by atoms with van der Waals surface area (Å²) in [5.41, 5.74) is 1.68. The summed E-state index contributed by atoms with van der Waals surface area (Å²) in [5.74, 6) is 2.61. The Morgan fingerprint density at radius 1 is 1.40 bits per heavy atom. The monoisotopic (exact) mass is 219 g/mol. The maximum absolute atomic E-state index is 11.5. The highest BCUT2D eigenvalue weighted by Crippen LogP contribution is 2.24. The van der Waals surface area contributed by atoms with Crippen LogP contribution < -0.4 is 4.90 Å². The molecule has 1 unspecified atom stereocenters. The van der Waals surface area contributed by atoms with Crippen molar-refractivity contribution in [2.75, 3.05) is 11.4 Å². The minimum Gasteiger partial charge on any atom is -0.311 e. The molecule has 0 spiro atoms.